The largest absolute Gasteiger partial charge is 0.235 e. The Labute approximate surface area is 101 Å². The maximum atomic E-state index is 6.13. The molecule has 0 fully saturated rings. The van der Waals surface area contributed by atoms with Crippen LogP contribution in [-0.2, 0) is 0 Å². The van der Waals surface area contributed by atoms with Gasteiger partial charge in [0.25, 0.3) is 0 Å². The van der Waals surface area contributed by atoms with Crippen LogP contribution in [0.15, 0.2) is 39.1 Å². The fourth-order valence-electron chi connectivity index (χ4n) is 1.73. The van der Waals surface area contributed by atoms with E-state index in [0.29, 0.717) is 0 Å². The quantitative estimate of drug-likeness (QED) is 0.517. The second kappa shape index (κ2) is 3.51. The number of alkyl halides is 1. The summed E-state index contributed by atoms with van der Waals surface area (Å²) in [5.74, 6) is 0. The second-order valence-corrected chi connectivity index (χ2v) is 5.27. The van der Waals surface area contributed by atoms with Crippen LogP contribution in [0.5, 0.6) is 0 Å². The highest BCUT2D eigenvalue weighted by atomic mass is 35.5. The number of thioether (sulfide) groups is 1. The molecule has 3 rings (SSSR count). The number of nitrogens with zero attached hydrogens (tertiary/aromatic N) is 2. The molecule has 2 nitrogen and oxygen atoms in total. The molecule has 15 heavy (non-hydrogen) atoms. The highest BCUT2D eigenvalue weighted by Crippen LogP contribution is 2.42. The number of aliphatic imine (C=N–C) groups is 2. The Morgan fingerprint density at radius 3 is 2.93 bits per heavy atom. The molecule has 76 valence electrons. The lowest BCUT2D eigenvalue weighted by molar-refractivity contribution is 0.959. The van der Waals surface area contributed by atoms with E-state index in [9.17, 15) is 0 Å². The lowest BCUT2D eigenvalue weighted by atomic mass is 10.1. The summed E-state index contributed by atoms with van der Waals surface area (Å²) in [6.45, 7) is 0. The van der Waals surface area contributed by atoms with E-state index < -0.39 is 0 Å². The Morgan fingerprint density at radius 1 is 1.27 bits per heavy atom. The third-order valence-electron chi connectivity index (χ3n) is 2.38. The minimum absolute atomic E-state index is 0.103. The van der Waals surface area contributed by atoms with Gasteiger partial charge in [0, 0.05) is 10.5 Å². The van der Waals surface area contributed by atoms with Crippen molar-refractivity contribution in [2.75, 3.05) is 0 Å². The first kappa shape index (κ1) is 9.70. The van der Waals surface area contributed by atoms with Crippen molar-refractivity contribution in [2.45, 2.75) is 15.6 Å². The summed E-state index contributed by atoms with van der Waals surface area (Å²) >= 11 is 13.6. The minimum atomic E-state index is -0.317. The zero-order valence-electron chi connectivity index (χ0n) is 7.52. The van der Waals surface area contributed by atoms with Gasteiger partial charge in [-0.05, 0) is 17.7 Å². The molecule has 1 aromatic rings. The lowest BCUT2D eigenvalue weighted by Crippen LogP contribution is -2.27. The monoisotopic (exact) mass is 256 g/mol. The van der Waals surface area contributed by atoms with E-state index in [1.54, 1.807) is 11.8 Å². The van der Waals surface area contributed by atoms with Crippen molar-refractivity contribution in [1.82, 2.24) is 0 Å². The number of amidine groups is 1. The number of hydrogen-bond acceptors (Lipinski definition) is 3. The standard InChI is InChI=1S/C10H6Cl2N2S/c11-9-8-7(13-10(12)14-9)5-3-1-2-4-6(5)15-8/h1-4,8-9H. The highest BCUT2D eigenvalue weighted by Gasteiger charge is 2.36. The number of benzene rings is 1. The summed E-state index contributed by atoms with van der Waals surface area (Å²) in [7, 11) is 0. The van der Waals surface area contributed by atoms with Crippen molar-refractivity contribution in [3.05, 3.63) is 29.8 Å². The number of hydrogen-bond donors (Lipinski definition) is 0. The van der Waals surface area contributed by atoms with Crippen LogP contribution in [0.25, 0.3) is 0 Å². The summed E-state index contributed by atoms with van der Waals surface area (Å²) in [5.41, 5.74) is 1.77. The Kier molecular flexibility index (Phi) is 2.27. The van der Waals surface area contributed by atoms with Crippen LogP contribution in [0.3, 0.4) is 0 Å². The maximum Gasteiger partial charge on any atom is 0.219 e. The molecule has 2 aliphatic rings. The van der Waals surface area contributed by atoms with Gasteiger partial charge in [-0.15, -0.1) is 11.8 Å². The Morgan fingerprint density at radius 2 is 2.07 bits per heavy atom. The third kappa shape index (κ3) is 1.50. The zero-order chi connectivity index (χ0) is 10.4. The molecular weight excluding hydrogens is 251 g/mol. The molecule has 0 aliphatic carbocycles. The Bertz CT molecular complexity index is 484. The van der Waals surface area contributed by atoms with E-state index in [-0.39, 0.29) is 16.0 Å². The van der Waals surface area contributed by atoms with E-state index in [1.807, 2.05) is 18.2 Å². The Hall–Kier alpha value is -0.510. The topological polar surface area (TPSA) is 24.7 Å². The molecule has 0 spiro atoms. The molecule has 1 aromatic carbocycles. The first-order valence-corrected chi connectivity index (χ1v) is 6.17. The summed E-state index contributed by atoms with van der Waals surface area (Å²) < 4.78 is 0. The van der Waals surface area contributed by atoms with Crippen molar-refractivity contribution >= 4 is 46.0 Å². The van der Waals surface area contributed by atoms with Crippen LogP contribution in [0.2, 0.25) is 0 Å². The maximum absolute atomic E-state index is 6.13. The van der Waals surface area contributed by atoms with Crippen LogP contribution in [0, 0.1) is 0 Å². The molecule has 2 atom stereocenters. The van der Waals surface area contributed by atoms with Crippen molar-refractivity contribution in [3.63, 3.8) is 0 Å². The fraction of sp³-hybridized carbons (Fsp3) is 0.200. The predicted octanol–water partition coefficient (Wildman–Crippen LogP) is 3.12. The highest BCUT2D eigenvalue weighted by molar-refractivity contribution is 8.01. The van der Waals surface area contributed by atoms with Gasteiger partial charge in [-0.3, -0.25) is 0 Å². The summed E-state index contributed by atoms with van der Waals surface area (Å²) in [6.07, 6.45) is 0. The van der Waals surface area contributed by atoms with Crippen molar-refractivity contribution in [3.8, 4) is 0 Å². The molecule has 0 aromatic heterocycles. The molecule has 0 N–H and O–H groups in total. The first-order chi connectivity index (χ1) is 7.25. The normalized spacial score (nSPS) is 27.9. The molecule has 0 saturated heterocycles. The molecule has 5 heteroatoms. The third-order valence-corrected chi connectivity index (χ3v) is 4.40. The van der Waals surface area contributed by atoms with Crippen LogP contribution >= 0.6 is 35.0 Å². The van der Waals surface area contributed by atoms with Gasteiger partial charge < -0.3 is 0 Å². The minimum Gasteiger partial charge on any atom is -0.235 e. The first-order valence-electron chi connectivity index (χ1n) is 4.48. The smallest absolute Gasteiger partial charge is 0.219 e. The van der Waals surface area contributed by atoms with Crippen LogP contribution in [-0.4, -0.2) is 21.8 Å². The van der Waals surface area contributed by atoms with Gasteiger partial charge in [0.2, 0.25) is 5.29 Å². The van der Waals surface area contributed by atoms with Crippen molar-refractivity contribution in [1.29, 1.82) is 0 Å². The zero-order valence-corrected chi connectivity index (χ0v) is 9.85. The van der Waals surface area contributed by atoms with Crippen LogP contribution < -0.4 is 0 Å². The van der Waals surface area contributed by atoms with Gasteiger partial charge in [-0.25, -0.2) is 9.98 Å². The molecular formula is C10H6Cl2N2S. The van der Waals surface area contributed by atoms with E-state index in [0.717, 1.165) is 11.3 Å². The number of rotatable bonds is 0. The summed E-state index contributed by atoms with van der Waals surface area (Å²) in [6, 6.07) is 8.11. The molecule has 0 bridgehead atoms. The van der Waals surface area contributed by atoms with Crippen molar-refractivity contribution in [2.24, 2.45) is 9.98 Å². The number of fused-ring (bicyclic) bond motifs is 3. The molecule has 2 heterocycles. The van der Waals surface area contributed by atoms with Crippen LogP contribution in [0.1, 0.15) is 5.56 Å². The predicted molar refractivity (Wildman–Crippen MR) is 65.6 cm³/mol. The average Bonchev–Trinajstić information content (AvgIpc) is 2.57. The van der Waals surface area contributed by atoms with E-state index in [4.69, 9.17) is 23.2 Å². The van der Waals surface area contributed by atoms with Gasteiger partial charge in [0.05, 0.1) is 11.0 Å². The SMILES string of the molecule is ClC1=NC(Cl)C2Sc3ccccc3C2=N1. The van der Waals surface area contributed by atoms with E-state index >= 15 is 0 Å². The molecule has 0 saturated carbocycles. The van der Waals surface area contributed by atoms with Gasteiger partial charge >= 0.3 is 0 Å². The Balaban J connectivity index is 2.15. The van der Waals surface area contributed by atoms with E-state index in [1.165, 1.54) is 4.90 Å². The van der Waals surface area contributed by atoms with Gasteiger partial charge in [0.15, 0.2) is 0 Å². The number of halogens is 2. The van der Waals surface area contributed by atoms with Crippen LogP contribution in [0.4, 0.5) is 0 Å². The lowest BCUT2D eigenvalue weighted by Gasteiger charge is -2.17. The fourth-order valence-corrected chi connectivity index (χ4v) is 3.54. The molecule has 2 aliphatic heterocycles. The molecule has 2 unspecified atom stereocenters. The molecule has 0 amide bonds. The summed E-state index contributed by atoms with van der Waals surface area (Å²) in [4.78, 5) is 9.51. The average molecular weight is 257 g/mol. The van der Waals surface area contributed by atoms with Gasteiger partial charge in [0.1, 0.15) is 5.50 Å². The van der Waals surface area contributed by atoms with E-state index in [2.05, 4.69) is 16.1 Å². The van der Waals surface area contributed by atoms with Gasteiger partial charge in [-0.1, -0.05) is 29.8 Å². The van der Waals surface area contributed by atoms with Crippen molar-refractivity contribution < 1.29 is 0 Å². The summed E-state index contributed by atoms with van der Waals surface area (Å²) in [5, 5.41) is 0.352. The molecule has 0 radical (unpaired) electrons. The second-order valence-electron chi connectivity index (χ2n) is 3.30. The van der Waals surface area contributed by atoms with Gasteiger partial charge in [-0.2, -0.15) is 0 Å².